The van der Waals surface area contributed by atoms with Gasteiger partial charge in [-0.15, -0.1) is 10.2 Å². The first-order valence-corrected chi connectivity index (χ1v) is 24.7. The monoisotopic (exact) mass is 1200 g/mol. The predicted octanol–water partition coefficient (Wildman–Crippen LogP) is -12.3. The molecule has 357 valence electrons. The molecule has 0 aliphatic heterocycles. The Morgan fingerprint density at radius 2 is 1.10 bits per heavy atom. The van der Waals surface area contributed by atoms with E-state index in [1.165, 1.54) is 24.9 Å². The quantitative estimate of drug-likeness (QED) is 0.0675. The molecule has 0 bridgehead atoms. The Balaban J connectivity index is 0.00000840. The van der Waals surface area contributed by atoms with Crippen molar-refractivity contribution in [1.29, 1.82) is 0 Å². The molecular weight excluding hydrogens is 1180 g/mol. The number of aromatic nitrogens is 3. The van der Waals surface area contributed by atoms with Crippen molar-refractivity contribution in [2.75, 3.05) is 11.9 Å². The molecule has 72 heavy (non-hydrogen) atoms. The van der Waals surface area contributed by atoms with Gasteiger partial charge in [0, 0.05) is 18.1 Å². The third-order valence-electron chi connectivity index (χ3n) is 8.95. The van der Waals surface area contributed by atoms with Crippen molar-refractivity contribution in [1.82, 2.24) is 15.0 Å². The Morgan fingerprint density at radius 3 is 1.65 bits per heavy atom. The number of azo groups is 2. The number of benzene rings is 5. The van der Waals surface area contributed by atoms with Gasteiger partial charge in [0.15, 0.2) is 0 Å². The summed E-state index contributed by atoms with van der Waals surface area (Å²) in [5, 5.41) is 38.8. The summed E-state index contributed by atoms with van der Waals surface area (Å²) in [6.07, 6.45) is 0. The average Bonchev–Trinajstić information content (AvgIpc) is 3.18. The molecule has 0 fully saturated rings. The minimum absolute atomic E-state index is 0. The number of H-pyrrole nitrogens is 1. The van der Waals surface area contributed by atoms with Gasteiger partial charge in [-0.3, -0.25) is 4.98 Å². The summed E-state index contributed by atoms with van der Waals surface area (Å²) < 4.78 is 180. The number of anilines is 2. The summed E-state index contributed by atoms with van der Waals surface area (Å²) in [6.45, 7) is 2.82. The van der Waals surface area contributed by atoms with Crippen LogP contribution < -0.4 is 169 Å². The van der Waals surface area contributed by atoms with Gasteiger partial charge in [0.2, 0.25) is 16.9 Å². The molecule has 6 aromatic rings. The maximum Gasteiger partial charge on any atom is 2.00 e. The molecule has 0 saturated heterocycles. The molecule has 5 aromatic carbocycles. The van der Waals surface area contributed by atoms with E-state index in [1.807, 2.05) is 0 Å². The van der Waals surface area contributed by atoms with Crippen LogP contribution in [-0.2, 0) is 67.7 Å². The Kier molecular flexibility index (Phi) is 26.8. The Morgan fingerprint density at radius 1 is 0.556 bits per heavy atom. The molecule has 0 spiro atoms. The Hall–Kier alpha value is -0.871. The molecule has 0 amide bonds. The number of fused-ring (bicyclic) bond motifs is 1. The van der Waals surface area contributed by atoms with Crippen LogP contribution in [0.25, 0.3) is 10.8 Å². The van der Waals surface area contributed by atoms with Crippen molar-refractivity contribution in [3.63, 3.8) is 0 Å². The van der Waals surface area contributed by atoms with E-state index in [4.69, 9.17) is 11.6 Å². The van der Waals surface area contributed by atoms with Crippen molar-refractivity contribution in [3.05, 3.63) is 88.8 Å². The number of halogens is 1. The van der Waals surface area contributed by atoms with Crippen LogP contribution in [0.15, 0.2) is 117 Å². The zero-order chi connectivity index (χ0) is 49.1. The number of hydrogen-bond acceptors (Lipinski definition) is 25. The number of aromatic amines is 1. The van der Waals surface area contributed by atoms with Crippen LogP contribution in [0, 0.1) is 13.8 Å². The third-order valence-corrected chi connectivity index (χ3v) is 13.4. The van der Waals surface area contributed by atoms with E-state index in [0.717, 1.165) is 30.3 Å². The molecule has 6 rings (SSSR count). The van der Waals surface area contributed by atoms with Crippen molar-refractivity contribution >= 4 is 113 Å². The smallest absolute Gasteiger partial charge is 0.871 e. The number of nitrogens with zero attached hydrogens (tertiary/aromatic N) is 8. The maximum atomic E-state index is 13.8. The van der Waals surface area contributed by atoms with Crippen LogP contribution in [0.3, 0.4) is 0 Å². The van der Waals surface area contributed by atoms with E-state index in [1.54, 1.807) is 6.92 Å². The number of aryl methyl sites for hydroxylation is 2. The summed E-state index contributed by atoms with van der Waals surface area (Å²) in [5.74, 6) is -2.81. The largest absolute Gasteiger partial charge is 2.00 e. The second-order valence-corrected chi connectivity index (χ2v) is 20.5. The van der Waals surface area contributed by atoms with E-state index >= 15 is 0 Å². The molecule has 0 saturated carbocycles. The molecule has 1 radical (unpaired) electrons. The summed E-state index contributed by atoms with van der Waals surface area (Å²) in [4.78, 5) is 10.1. The molecular formula is C34H21ClCuN9Na5O17S5. The van der Waals surface area contributed by atoms with Gasteiger partial charge in [-0.05, 0) is 96.6 Å². The van der Waals surface area contributed by atoms with E-state index in [-0.39, 0.29) is 188 Å². The van der Waals surface area contributed by atoms with Gasteiger partial charge in [0.05, 0.1) is 47.2 Å². The minimum Gasteiger partial charge on any atom is -0.871 e. The van der Waals surface area contributed by atoms with Crippen LogP contribution in [0.2, 0.25) is 5.28 Å². The zero-order valence-electron chi connectivity index (χ0n) is 38.1. The van der Waals surface area contributed by atoms with Crippen LogP contribution in [0.5, 0.6) is 11.5 Å². The van der Waals surface area contributed by atoms with Crippen molar-refractivity contribution in [3.8, 4) is 11.5 Å². The second kappa shape index (κ2) is 27.1. The van der Waals surface area contributed by atoms with Crippen LogP contribution in [0.4, 0.5) is 40.1 Å². The molecule has 0 atom stereocenters. The minimum atomic E-state index is -5.80. The first-order valence-electron chi connectivity index (χ1n) is 17.3. The number of nitrogens with one attached hydrogen (secondary N) is 1. The zero-order valence-corrected chi connectivity index (χ0v) is 53.9. The van der Waals surface area contributed by atoms with E-state index in [2.05, 4.69) is 40.4 Å². The fraction of sp³-hybridized carbons (Fsp3) is 0.0882. The molecule has 1 aromatic heterocycles. The molecule has 38 heteroatoms. The molecule has 26 nitrogen and oxygen atoms in total. The molecule has 0 aliphatic carbocycles. The van der Waals surface area contributed by atoms with Crippen LogP contribution in [-0.4, -0.2) is 86.9 Å². The number of hydrogen-bond donors (Lipinski definition) is 1. The molecule has 1 heterocycles. The fourth-order valence-corrected chi connectivity index (χ4v) is 9.08. The van der Waals surface area contributed by atoms with Gasteiger partial charge < -0.3 is 37.9 Å². The molecule has 0 aliphatic rings. The third kappa shape index (κ3) is 16.8. The normalized spacial score (nSPS) is 12.2. The van der Waals surface area contributed by atoms with Crippen molar-refractivity contribution in [2.45, 2.75) is 38.3 Å². The Labute approximate surface area is 535 Å². The standard InChI is InChI=1S/C34H28ClN9O17S5.Cu.5Na/c1-15-4-5-18(63(50,51)52)12-25(15)44(3)34-38-32(35)37-33(39-34)36-21-8-7-19-20(31(21)66(59,60)61)13-28(65(56,57)58)29(30(19)46)43-41-23-10-16(2)22(14-26(23)45)40-42-24-11-17(62(47,48)49)6-9-27(24)64(53,54)55;;;;;;/h4-14,45-46H,1-3H3,(H,47,48,49)(H,50,51,52)(H,53,54,55)(H,56,57,58)(H,59,60,61)(H,36,37,38,39);;;;;;/q;+2;5*+1/p-7. The van der Waals surface area contributed by atoms with Gasteiger partial charge >= 0.3 is 165 Å². The molecule has 1 N–H and O–H groups in total. The van der Waals surface area contributed by atoms with E-state index < -0.39 is 131 Å². The van der Waals surface area contributed by atoms with Crippen LogP contribution >= 0.6 is 11.6 Å². The van der Waals surface area contributed by atoms with Gasteiger partial charge in [0.25, 0.3) is 0 Å². The van der Waals surface area contributed by atoms with E-state index in [9.17, 15) is 75.1 Å². The van der Waals surface area contributed by atoms with Gasteiger partial charge in [-0.2, -0.15) is 20.2 Å². The summed E-state index contributed by atoms with van der Waals surface area (Å²) in [5.41, 5.74) is -3.97. The summed E-state index contributed by atoms with van der Waals surface area (Å²) in [6, 6.07) is 8.58. The molecule has 0 unspecified atom stereocenters. The maximum absolute atomic E-state index is 13.8. The van der Waals surface area contributed by atoms with Crippen molar-refractivity contribution < 1.29 is 240 Å². The summed E-state index contributed by atoms with van der Waals surface area (Å²) in [7, 11) is -25.6. The van der Waals surface area contributed by atoms with Gasteiger partial charge in [0.1, 0.15) is 56.3 Å². The van der Waals surface area contributed by atoms with Crippen molar-refractivity contribution in [2.24, 2.45) is 25.4 Å². The van der Waals surface area contributed by atoms with Gasteiger partial charge in [-0.25, -0.2) is 47.1 Å². The predicted molar refractivity (Wildman–Crippen MR) is 214 cm³/mol. The summed E-state index contributed by atoms with van der Waals surface area (Å²) >= 11 is 6.10. The number of rotatable bonds is 12. The van der Waals surface area contributed by atoms with E-state index in [0.29, 0.717) is 35.9 Å². The Bertz CT molecular complexity index is 3810. The van der Waals surface area contributed by atoms with Crippen LogP contribution in [0.1, 0.15) is 11.1 Å². The first-order chi connectivity index (χ1) is 30.3. The topological polar surface area (TPSA) is 439 Å². The second-order valence-electron chi connectivity index (χ2n) is 13.4. The fourth-order valence-electron chi connectivity index (χ4n) is 5.91. The first kappa shape index (κ1) is 71.1. The SMILES string of the molecule is Cc1cc(N=Nc2c(S(=O)(=O)[O-])cc3c(S(=O)(=O)[O-])c(N=c4nc(Cl)nc(N(C)c5cc(S(=O)(=O)[O-])ccc5C)[nH]4)ccc3c2[O-])c([O-])cc1N=Nc1cc(S(=O)(=O)[O-])ccc1S(=O)(=O)[O-].[Cu+2].[Na+].[Na+].[Na+].[Na+].[Na+]. The average molecular weight is 1200 g/mol. The van der Waals surface area contributed by atoms with Gasteiger partial charge in [-0.1, -0.05) is 23.6 Å².